The standard InChI is InChI=1S/C15H16N4O2/c16-14(20)9-11-5-1-2-7-13(11)19-15(21)18-10-12-6-3-4-8-17-12/h1-8H,9-10H2,(H2,16,20)(H2,18,19,21). The molecule has 2 aromatic rings. The maximum atomic E-state index is 11.9. The number of anilines is 1. The Labute approximate surface area is 122 Å². The van der Waals surface area contributed by atoms with Gasteiger partial charge >= 0.3 is 6.03 Å². The van der Waals surface area contributed by atoms with Crippen molar-refractivity contribution in [2.45, 2.75) is 13.0 Å². The Kier molecular flexibility index (Phi) is 4.87. The molecule has 4 N–H and O–H groups in total. The first-order chi connectivity index (χ1) is 10.1. The molecular weight excluding hydrogens is 268 g/mol. The van der Waals surface area contributed by atoms with E-state index < -0.39 is 5.91 Å². The van der Waals surface area contributed by atoms with Gasteiger partial charge in [-0.1, -0.05) is 24.3 Å². The van der Waals surface area contributed by atoms with Gasteiger partial charge in [-0.3, -0.25) is 9.78 Å². The van der Waals surface area contributed by atoms with E-state index in [0.717, 1.165) is 5.69 Å². The number of aromatic nitrogens is 1. The van der Waals surface area contributed by atoms with Crippen molar-refractivity contribution in [3.05, 3.63) is 59.9 Å². The number of primary amides is 1. The Morgan fingerprint density at radius 3 is 2.57 bits per heavy atom. The highest BCUT2D eigenvalue weighted by atomic mass is 16.2. The lowest BCUT2D eigenvalue weighted by molar-refractivity contribution is -0.117. The number of benzene rings is 1. The molecule has 1 aromatic carbocycles. The molecule has 2 rings (SSSR count). The molecule has 6 heteroatoms. The minimum absolute atomic E-state index is 0.0801. The summed E-state index contributed by atoms with van der Waals surface area (Å²) in [6.45, 7) is 0.324. The number of rotatable bonds is 5. The van der Waals surface area contributed by atoms with Crippen LogP contribution in [-0.2, 0) is 17.8 Å². The van der Waals surface area contributed by atoms with Gasteiger partial charge in [-0.05, 0) is 23.8 Å². The third-order valence-electron chi connectivity index (χ3n) is 2.79. The van der Waals surface area contributed by atoms with Crippen molar-refractivity contribution in [2.75, 3.05) is 5.32 Å². The van der Waals surface area contributed by atoms with Crippen LogP contribution in [0, 0.1) is 0 Å². The first-order valence-electron chi connectivity index (χ1n) is 6.46. The van der Waals surface area contributed by atoms with Gasteiger partial charge in [-0.15, -0.1) is 0 Å². The lowest BCUT2D eigenvalue weighted by Crippen LogP contribution is -2.29. The van der Waals surface area contributed by atoms with E-state index >= 15 is 0 Å². The van der Waals surface area contributed by atoms with Gasteiger partial charge in [-0.25, -0.2) is 4.79 Å². The van der Waals surface area contributed by atoms with Crippen LogP contribution >= 0.6 is 0 Å². The summed E-state index contributed by atoms with van der Waals surface area (Å²) in [7, 11) is 0. The van der Waals surface area contributed by atoms with Gasteiger partial charge in [0, 0.05) is 11.9 Å². The van der Waals surface area contributed by atoms with Gasteiger partial charge in [0.2, 0.25) is 5.91 Å². The normalized spacial score (nSPS) is 9.90. The molecule has 0 aliphatic heterocycles. The summed E-state index contributed by atoms with van der Waals surface area (Å²) in [5, 5.41) is 5.40. The van der Waals surface area contributed by atoms with E-state index in [2.05, 4.69) is 15.6 Å². The molecule has 21 heavy (non-hydrogen) atoms. The first kappa shape index (κ1) is 14.5. The molecule has 108 valence electrons. The van der Waals surface area contributed by atoms with E-state index in [-0.39, 0.29) is 12.5 Å². The minimum Gasteiger partial charge on any atom is -0.369 e. The fourth-order valence-corrected chi connectivity index (χ4v) is 1.82. The second kappa shape index (κ2) is 7.04. The van der Waals surface area contributed by atoms with Crippen LogP contribution in [0.4, 0.5) is 10.5 Å². The lowest BCUT2D eigenvalue weighted by atomic mass is 10.1. The molecule has 0 aliphatic carbocycles. The lowest BCUT2D eigenvalue weighted by Gasteiger charge is -2.11. The summed E-state index contributed by atoms with van der Waals surface area (Å²) in [6.07, 6.45) is 1.74. The molecule has 1 aromatic heterocycles. The molecule has 0 aliphatic rings. The van der Waals surface area contributed by atoms with Gasteiger partial charge < -0.3 is 16.4 Å². The summed E-state index contributed by atoms with van der Waals surface area (Å²) in [6, 6.07) is 12.2. The van der Waals surface area contributed by atoms with Gasteiger partial charge in [0.15, 0.2) is 0 Å². The molecule has 0 saturated heterocycles. The van der Waals surface area contributed by atoms with Crippen molar-refractivity contribution in [3.8, 4) is 0 Å². The van der Waals surface area contributed by atoms with Crippen molar-refractivity contribution < 1.29 is 9.59 Å². The number of nitrogens with two attached hydrogens (primary N) is 1. The second-order valence-electron chi connectivity index (χ2n) is 4.43. The molecule has 3 amide bonds. The highest BCUT2D eigenvalue weighted by molar-refractivity contribution is 5.91. The highest BCUT2D eigenvalue weighted by Crippen LogP contribution is 2.15. The van der Waals surface area contributed by atoms with Crippen LogP contribution in [0.25, 0.3) is 0 Å². The summed E-state index contributed by atoms with van der Waals surface area (Å²) < 4.78 is 0. The summed E-state index contributed by atoms with van der Waals surface area (Å²) in [5.74, 6) is -0.446. The maximum Gasteiger partial charge on any atom is 0.319 e. The average molecular weight is 284 g/mol. The van der Waals surface area contributed by atoms with E-state index in [1.54, 1.807) is 30.5 Å². The van der Waals surface area contributed by atoms with Gasteiger partial charge in [0.1, 0.15) is 0 Å². The third kappa shape index (κ3) is 4.61. The Bertz CT molecular complexity index is 629. The number of hydrogen-bond donors (Lipinski definition) is 3. The monoisotopic (exact) mass is 284 g/mol. The Hall–Kier alpha value is -2.89. The van der Waals surface area contributed by atoms with Crippen LogP contribution in [0.5, 0.6) is 0 Å². The van der Waals surface area contributed by atoms with E-state index in [1.807, 2.05) is 18.2 Å². The van der Waals surface area contributed by atoms with Crippen LogP contribution in [0.2, 0.25) is 0 Å². The zero-order valence-corrected chi connectivity index (χ0v) is 11.4. The van der Waals surface area contributed by atoms with Crippen LogP contribution in [-0.4, -0.2) is 16.9 Å². The van der Waals surface area contributed by atoms with Crippen LogP contribution in [0.15, 0.2) is 48.7 Å². The summed E-state index contributed by atoms with van der Waals surface area (Å²) in [5.41, 5.74) is 7.19. The number of nitrogens with one attached hydrogen (secondary N) is 2. The second-order valence-corrected chi connectivity index (χ2v) is 4.43. The van der Waals surface area contributed by atoms with Crippen molar-refractivity contribution >= 4 is 17.6 Å². The Morgan fingerprint density at radius 2 is 1.86 bits per heavy atom. The molecule has 1 heterocycles. The van der Waals surface area contributed by atoms with E-state index in [0.29, 0.717) is 17.8 Å². The zero-order valence-electron chi connectivity index (χ0n) is 11.4. The molecule has 0 unspecified atom stereocenters. The van der Waals surface area contributed by atoms with E-state index in [4.69, 9.17) is 5.73 Å². The third-order valence-corrected chi connectivity index (χ3v) is 2.79. The number of nitrogens with zero attached hydrogens (tertiary/aromatic N) is 1. The maximum absolute atomic E-state index is 11.9. The predicted octanol–water partition coefficient (Wildman–Crippen LogP) is 1.43. The van der Waals surface area contributed by atoms with Crippen LogP contribution < -0.4 is 16.4 Å². The summed E-state index contributed by atoms with van der Waals surface area (Å²) in [4.78, 5) is 27.0. The number of carbonyl (C=O) groups excluding carboxylic acids is 2. The molecule has 0 bridgehead atoms. The van der Waals surface area contributed by atoms with Crippen molar-refractivity contribution in [3.63, 3.8) is 0 Å². The minimum atomic E-state index is -0.446. The number of urea groups is 1. The SMILES string of the molecule is NC(=O)Cc1ccccc1NC(=O)NCc1ccccn1. The predicted molar refractivity (Wildman–Crippen MR) is 79.4 cm³/mol. The van der Waals surface area contributed by atoms with Crippen molar-refractivity contribution in [1.29, 1.82) is 0 Å². The molecule has 0 atom stereocenters. The number of pyridine rings is 1. The van der Waals surface area contributed by atoms with Crippen molar-refractivity contribution in [1.82, 2.24) is 10.3 Å². The van der Waals surface area contributed by atoms with Gasteiger partial charge in [0.05, 0.1) is 18.7 Å². The molecule has 6 nitrogen and oxygen atoms in total. The fourth-order valence-electron chi connectivity index (χ4n) is 1.82. The molecule has 0 saturated carbocycles. The van der Waals surface area contributed by atoms with Crippen LogP contribution in [0.3, 0.4) is 0 Å². The molecule has 0 fully saturated rings. The number of hydrogen-bond acceptors (Lipinski definition) is 3. The smallest absolute Gasteiger partial charge is 0.319 e. The quantitative estimate of drug-likeness (QED) is 0.774. The topological polar surface area (TPSA) is 97.1 Å². The number of para-hydroxylation sites is 1. The molecule has 0 spiro atoms. The zero-order chi connectivity index (χ0) is 15.1. The average Bonchev–Trinajstić information content (AvgIpc) is 2.48. The number of amides is 3. The summed E-state index contributed by atoms with van der Waals surface area (Å²) >= 11 is 0. The fraction of sp³-hybridized carbons (Fsp3) is 0.133. The highest BCUT2D eigenvalue weighted by Gasteiger charge is 2.08. The molecular formula is C15H16N4O2. The van der Waals surface area contributed by atoms with Crippen molar-refractivity contribution in [2.24, 2.45) is 5.73 Å². The first-order valence-corrected chi connectivity index (χ1v) is 6.46. The Morgan fingerprint density at radius 1 is 1.10 bits per heavy atom. The van der Waals surface area contributed by atoms with Gasteiger partial charge in [-0.2, -0.15) is 0 Å². The number of carbonyl (C=O) groups is 2. The van der Waals surface area contributed by atoms with E-state index in [9.17, 15) is 9.59 Å². The Balaban J connectivity index is 1.95. The van der Waals surface area contributed by atoms with Gasteiger partial charge in [0.25, 0.3) is 0 Å². The van der Waals surface area contributed by atoms with Crippen LogP contribution in [0.1, 0.15) is 11.3 Å². The van der Waals surface area contributed by atoms with E-state index in [1.165, 1.54) is 0 Å². The largest absolute Gasteiger partial charge is 0.369 e. The molecule has 0 radical (unpaired) electrons.